The zero-order valence-corrected chi connectivity index (χ0v) is 20.7. The van der Waals surface area contributed by atoms with E-state index >= 15 is 0 Å². The van der Waals surface area contributed by atoms with Gasteiger partial charge in [0.15, 0.2) is 5.78 Å². The topological polar surface area (TPSA) is 94.9 Å². The molecule has 0 radical (unpaired) electrons. The third kappa shape index (κ3) is 4.99. The summed E-state index contributed by atoms with van der Waals surface area (Å²) in [6.45, 7) is 13.1. The van der Waals surface area contributed by atoms with Crippen molar-refractivity contribution >= 4 is 23.0 Å². The van der Waals surface area contributed by atoms with Crippen LogP contribution in [0.4, 0.5) is 5.69 Å². The second-order valence-electron chi connectivity index (χ2n) is 11.1. The number of aliphatic hydroxyl groups excluding tert-OH is 1. The van der Waals surface area contributed by atoms with Crippen LogP contribution in [-0.2, 0) is 14.4 Å². The molecule has 2 N–H and O–H groups in total. The van der Waals surface area contributed by atoms with E-state index in [1.165, 1.54) is 0 Å². The molecule has 2 aliphatic carbocycles. The molecule has 1 aromatic carbocycles. The average molecular weight is 456 g/mol. The number of hydrogen-bond donors (Lipinski definition) is 2. The summed E-state index contributed by atoms with van der Waals surface area (Å²) in [4.78, 5) is 41.9. The van der Waals surface area contributed by atoms with Gasteiger partial charge in [-0.05, 0) is 30.7 Å². The van der Waals surface area contributed by atoms with Crippen LogP contribution in [0.15, 0.2) is 29.5 Å². The van der Waals surface area contributed by atoms with E-state index in [9.17, 15) is 24.6 Å². The second-order valence-corrected chi connectivity index (χ2v) is 11.1. The molecule has 33 heavy (non-hydrogen) atoms. The zero-order chi connectivity index (χ0) is 24.7. The highest BCUT2D eigenvalue weighted by molar-refractivity contribution is 6.09. The van der Waals surface area contributed by atoms with Crippen molar-refractivity contribution in [1.82, 2.24) is 0 Å². The minimum Gasteiger partial charge on any atom is -0.512 e. The molecule has 1 atom stereocenters. The number of anilines is 1. The summed E-state index contributed by atoms with van der Waals surface area (Å²) in [5.74, 6) is -3.00. The van der Waals surface area contributed by atoms with Crippen LogP contribution >= 0.6 is 0 Å². The van der Waals surface area contributed by atoms with E-state index in [2.05, 4.69) is 4.90 Å². The largest absolute Gasteiger partial charge is 0.512 e. The first kappa shape index (κ1) is 25.0. The van der Waals surface area contributed by atoms with Crippen LogP contribution < -0.4 is 4.90 Å². The van der Waals surface area contributed by atoms with Crippen LogP contribution in [0.2, 0.25) is 0 Å². The third-order valence-corrected chi connectivity index (χ3v) is 7.02. The van der Waals surface area contributed by atoms with Gasteiger partial charge in [-0.25, -0.2) is 0 Å². The molecule has 1 fully saturated rings. The number of ketones is 3. The fourth-order valence-electron chi connectivity index (χ4n) is 5.51. The Morgan fingerprint density at radius 3 is 1.94 bits per heavy atom. The molecule has 0 bridgehead atoms. The summed E-state index contributed by atoms with van der Waals surface area (Å²) >= 11 is 0. The van der Waals surface area contributed by atoms with Gasteiger partial charge in [0, 0.05) is 67.6 Å². The van der Waals surface area contributed by atoms with Crippen molar-refractivity contribution in [2.24, 2.45) is 16.7 Å². The highest BCUT2D eigenvalue weighted by Gasteiger charge is 2.49. The lowest BCUT2D eigenvalue weighted by Gasteiger charge is -2.39. The number of aromatic hydroxyl groups is 1. The molecule has 0 aliphatic heterocycles. The van der Waals surface area contributed by atoms with E-state index in [0.717, 1.165) is 18.8 Å². The molecule has 6 heteroatoms. The van der Waals surface area contributed by atoms with Gasteiger partial charge >= 0.3 is 0 Å². The lowest BCUT2D eigenvalue weighted by molar-refractivity contribution is -0.140. The summed E-state index contributed by atoms with van der Waals surface area (Å²) in [5.41, 5.74) is 0.404. The average Bonchev–Trinajstić information content (AvgIpc) is 2.65. The standard InChI is InChI=1S/C27H37NO5/c1-7-28(8-2)16-9-10-17(18(29)11-16)23(24-19(30)12-26(3,4)13-20(24)31)25-21(32)14-27(5,6)15-22(25)33/h9-11,23-24,29,32H,7-8,12-15H2,1-6H3. The number of rotatable bonds is 6. The number of nitrogens with zero attached hydrogens (tertiary/aromatic N) is 1. The van der Waals surface area contributed by atoms with Crippen molar-refractivity contribution in [2.75, 3.05) is 18.0 Å². The molecule has 0 aromatic heterocycles. The van der Waals surface area contributed by atoms with E-state index in [4.69, 9.17) is 0 Å². The lowest BCUT2D eigenvalue weighted by atomic mass is 9.62. The molecule has 0 heterocycles. The number of phenols is 1. The van der Waals surface area contributed by atoms with Gasteiger partial charge in [0.05, 0.1) is 5.92 Å². The molecule has 1 unspecified atom stereocenters. The van der Waals surface area contributed by atoms with E-state index < -0.39 is 22.7 Å². The highest BCUT2D eigenvalue weighted by atomic mass is 16.3. The van der Waals surface area contributed by atoms with Crippen molar-refractivity contribution in [3.8, 4) is 5.75 Å². The Morgan fingerprint density at radius 2 is 1.45 bits per heavy atom. The summed E-state index contributed by atoms with van der Waals surface area (Å²) in [6, 6.07) is 5.15. The number of hydrogen-bond acceptors (Lipinski definition) is 6. The van der Waals surface area contributed by atoms with Crippen molar-refractivity contribution in [3.05, 3.63) is 35.1 Å². The quantitative estimate of drug-likeness (QED) is 0.580. The minimum atomic E-state index is -1.09. The SMILES string of the molecule is CCN(CC)c1ccc(C(C2=C(O)CC(C)(C)CC2=O)C2C(=O)CC(C)(C)CC2=O)c(O)c1. The molecule has 0 spiro atoms. The number of Topliss-reactive ketones (excluding diaryl/α,β-unsaturated/α-hetero) is 3. The van der Waals surface area contributed by atoms with Crippen LogP contribution in [0.3, 0.4) is 0 Å². The maximum absolute atomic E-state index is 13.3. The Kier molecular flexibility index (Phi) is 6.79. The molecular weight excluding hydrogens is 418 g/mol. The van der Waals surface area contributed by atoms with Gasteiger partial charge in [-0.3, -0.25) is 14.4 Å². The van der Waals surface area contributed by atoms with Crippen molar-refractivity contribution < 1.29 is 24.6 Å². The fourth-order valence-corrected chi connectivity index (χ4v) is 5.51. The number of carbonyl (C=O) groups excluding carboxylic acids is 3. The Hall–Kier alpha value is -2.63. The molecule has 0 saturated heterocycles. The molecular formula is C27H37NO5. The van der Waals surface area contributed by atoms with E-state index in [0.29, 0.717) is 5.56 Å². The van der Waals surface area contributed by atoms with Gasteiger partial charge in [-0.2, -0.15) is 0 Å². The zero-order valence-electron chi connectivity index (χ0n) is 20.7. The number of carbonyl (C=O) groups is 3. The molecule has 6 nitrogen and oxygen atoms in total. The lowest BCUT2D eigenvalue weighted by Crippen LogP contribution is -2.43. The highest BCUT2D eigenvalue weighted by Crippen LogP contribution is 2.49. The van der Waals surface area contributed by atoms with Crippen LogP contribution in [0.5, 0.6) is 5.75 Å². The van der Waals surface area contributed by atoms with Gasteiger partial charge in [0.2, 0.25) is 0 Å². The summed E-state index contributed by atoms with van der Waals surface area (Å²) < 4.78 is 0. The van der Waals surface area contributed by atoms with Gasteiger partial charge in [0.25, 0.3) is 0 Å². The van der Waals surface area contributed by atoms with E-state index in [1.807, 2.05) is 47.6 Å². The van der Waals surface area contributed by atoms with E-state index in [-0.39, 0.29) is 60.1 Å². The van der Waals surface area contributed by atoms with Crippen LogP contribution in [0, 0.1) is 16.7 Å². The molecule has 2 aliphatic rings. The van der Waals surface area contributed by atoms with Gasteiger partial charge in [-0.1, -0.05) is 33.8 Å². The maximum Gasteiger partial charge on any atom is 0.163 e. The molecule has 180 valence electrons. The van der Waals surface area contributed by atoms with Gasteiger partial charge in [0.1, 0.15) is 23.1 Å². The Bertz CT molecular complexity index is 980. The Balaban J connectivity index is 2.18. The fraction of sp³-hybridized carbons (Fsp3) is 0.593. The van der Waals surface area contributed by atoms with Crippen molar-refractivity contribution in [2.45, 2.75) is 73.1 Å². The first-order valence-corrected chi connectivity index (χ1v) is 11.9. The Labute approximate surface area is 196 Å². The number of aliphatic hydroxyl groups is 1. The number of phenolic OH excluding ortho intramolecular Hbond substituents is 1. The predicted molar refractivity (Wildman–Crippen MR) is 129 cm³/mol. The second kappa shape index (κ2) is 8.96. The molecule has 0 amide bonds. The third-order valence-electron chi connectivity index (χ3n) is 7.02. The van der Waals surface area contributed by atoms with Gasteiger partial charge in [-0.15, -0.1) is 0 Å². The maximum atomic E-state index is 13.3. The normalized spacial score (nSPS) is 21.9. The van der Waals surface area contributed by atoms with E-state index in [1.54, 1.807) is 12.1 Å². The van der Waals surface area contributed by atoms with Crippen LogP contribution in [0.25, 0.3) is 0 Å². The summed E-state index contributed by atoms with van der Waals surface area (Å²) in [5, 5.41) is 22.0. The smallest absolute Gasteiger partial charge is 0.163 e. The number of benzene rings is 1. The molecule has 3 rings (SSSR count). The molecule has 1 aromatic rings. The monoisotopic (exact) mass is 455 g/mol. The van der Waals surface area contributed by atoms with Crippen molar-refractivity contribution in [1.29, 1.82) is 0 Å². The predicted octanol–water partition coefficient (Wildman–Crippen LogP) is 5.10. The molecule has 1 saturated carbocycles. The van der Waals surface area contributed by atoms with Crippen LogP contribution in [-0.4, -0.2) is 40.7 Å². The minimum absolute atomic E-state index is 0.0761. The summed E-state index contributed by atoms with van der Waals surface area (Å²) in [7, 11) is 0. The Morgan fingerprint density at radius 1 is 0.909 bits per heavy atom. The van der Waals surface area contributed by atoms with Crippen LogP contribution in [0.1, 0.15) is 78.7 Å². The first-order valence-electron chi connectivity index (χ1n) is 11.9. The van der Waals surface area contributed by atoms with Crippen molar-refractivity contribution in [3.63, 3.8) is 0 Å². The van der Waals surface area contributed by atoms with Gasteiger partial charge < -0.3 is 15.1 Å². The first-order chi connectivity index (χ1) is 15.3. The number of allylic oxidation sites excluding steroid dienone is 2. The summed E-state index contributed by atoms with van der Waals surface area (Å²) in [6.07, 6.45) is 0.920.